The molecule has 0 unspecified atom stereocenters. The van der Waals surface area contributed by atoms with Crippen LogP contribution in [0.4, 0.5) is 0 Å². The molecule has 0 saturated heterocycles. The van der Waals surface area contributed by atoms with Crippen LogP contribution in [0, 0.1) is 0 Å². The van der Waals surface area contributed by atoms with Crippen LogP contribution in [-0.2, 0) is 20.4 Å². The van der Waals surface area contributed by atoms with E-state index in [9.17, 15) is 4.79 Å². The highest BCUT2D eigenvalue weighted by molar-refractivity contribution is 5.98. The Kier molecular flexibility index (Phi) is 4.74. The highest BCUT2D eigenvalue weighted by Crippen LogP contribution is 2.60. The lowest BCUT2D eigenvalue weighted by atomic mass is 9.61. The van der Waals surface area contributed by atoms with Gasteiger partial charge >= 0.3 is 5.97 Å². The minimum atomic E-state index is -0.871. The van der Waals surface area contributed by atoms with Crippen LogP contribution < -0.4 is 0 Å². The zero-order valence-corrected chi connectivity index (χ0v) is 19.7. The molecule has 0 heterocycles. The van der Waals surface area contributed by atoms with Crippen LogP contribution in [0.3, 0.4) is 0 Å². The second-order valence-corrected chi connectivity index (χ2v) is 9.42. The van der Waals surface area contributed by atoms with Gasteiger partial charge in [-0.2, -0.15) is 0 Å². The van der Waals surface area contributed by atoms with Crippen molar-refractivity contribution < 1.29 is 9.53 Å². The van der Waals surface area contributed by atoms with Gasteiger partial charge in [-0.3, -0.25) is 4.79 Å². The van der Waals surface area contributed by atoms with Crippen LogP contribution in [0.25, 0.3) is 22.3 Å². The van der Waals surface area contributed by atoms with Crippen molar-refractivity contribution in [1.82, 2.24) is 0 Å². The molecule has 0 atom stereocenters. The van der Waals surface area contributed by atoms with Crippen molar-refractivity contribution >= 4 is 5.97 Å². The Hall–Kier alpha value is -3.65. The summed E-state index contributed by atoms with van der Waals surface area (Å²) in [4.78, 5) is 14.1. The van der Waals surface area contributed by atoms with Gasteiger partial charge in [0.1, 0.15) is 5.41 Å². The van der Waals surface area contributed by atoms with Gasteiger partial charge in [0, 0.05) is 5.41 Å². The normalized spacial score (nSPS) is 15.7. The summed E-state index contributed by atoms with van der Waals surface area (Å²) < 4.78 is 5.88. The molecule has 0 aliphatic heterocycles. The predicted molar refractivity (Wildman–Crippen MR) is 137 cm³/mol. The maximum atomic E-state index is 14.1. The molecule has 4 aromatic rings. The topological polar surface area (TPSA) is 26.3 Å². The third-order valence-electron chi connectivity index (χ3n) is 8.03. The van der Waals surface area contributed by atoms with E-state index in [-0.39, 0.29) is 11.4 Å². The monoisotopic (exact) mass is 444 g/mol. The van der Waals surface area contributed by atoms with Gasteiger partial charge in [0.05, 0.1) is 6.61 Å². The second-order valence-electron chi connectivity index (χ2n) is 9.42. The maximum absolute atomic E-state index is 14.1. The Balaban J connectivity index is 1.67. The van der Waals surface area contributed by atoms with Crippen LogP contribution in [0.1, 0.15) is 48.9 Å². The van der Waals surface area contributed by atoms with Gasteiger partial charge in [0.15, 0.2) is 0 Å². The van der Waals surface area contributed by atoms with E-state index in [1.54, 1.807) is 0 Å². The summed E-state index contributed by atoms with van der Waals surface area (Å²) >= 11 is 0. The second kappa shape index (κ2) is 7.70. The van der Waals surface area contributed by atoms with Crippen molar-refractivity contribution in [2.45, 2.75) is 37.5 Å². The molecule has 0 bridgehead atoms. The third kappa shape index (κ3) is 2.60. The number of hydrogen-bond acceptors (Lipinski definition) is 2. The first-order chi connectivity index (χ1) is 16.7. The number of esters is 1. The molecule has 2 heteroatoms. The minimum absolute atomic E-state index is 0.151. The molecule has 6 rings (SSSR count). The summed E-state index contributed by atoms with van der Waals surface area (Å²) in [6, 6.07) is 34.2. The van der Waals surface area contributed by atoms with Crippen molar-refractivity contribution in [2.24, 2.45) is 0 Å². The molecule has 2 aliphatic rings. The molecular formula is C32H28O2. The fourth-order valence-corrected chi connectivity index (χ4v) is 6.63. The summed E-state index contributed by atoms with van der Waals surface area (Å²) in [6.07, 6.45) is 1.53. The van der Waals surface area contributed by atoms with E-state index >= 15 is 0 Å². The van der Waals surface area contributed by atoms with E-state index in [1.165, 1.54) is 22.3 Å². The first kappa shape index (κ1) is 20.9. The molecule has 0 saturated carbocycles. The van der Waals surface area contributed by atoms with Crippen molar-refractivity contribution in [3.63, 3.8) is 0 Å². The largest absolute Gasteiger partial charge is 0.465 e. The number of fused-ring (bicyclic) bond motifs is 6. The summed E-state index contributed by atoms with van der Waals surface area (Å²) in [7, 11) is 0. The molecule has 34 heavy (non-hydrogen) atoms. The Morgan fingerprint density at radius 2 is 1.00 bits per heavy atom. The molecule has 168 valence electrons. The number of hydrogen-bond donors (Lipinski definition) is 0. The standard InChI is InChI=1S/C32H28O2/c1-3-31(26-17-9-5-13-22(26)23-14-6-10-18-27(23)31)21-32(30(33)34-4-2)28-19-11-7-15-24(28)25-16-8-12-20-29(25)32/h5-20H,3-4,21H2,1-2H3. The first-order valence-corrected chi connectivity index (χ1v) is 12.2. The lowest BCUT2D eigenvalue weighted by Gasteiger charge is -2.40. The lowest BCUT2D eigenvalue weighted by Crippen LogP contribution is -2.44. The van der Waals surface area contributed by atoms with E-state index < -0.39 is 5.41 Å². The smallest absolute Gasteiger partial charge is 0.321 e. The fraction of sp³-hybridized carbons (Fsp3) is 0.219. The van der Waals surface area contributed by atoms with Crippen molar-refractivity contribution in [1.29, 1.82) is 0 Å². The molecule has 4 aromatic carbocycles. The average molecular weight is 445 g/mol. The van der Waals surface area contributed by atoms with Gasteiger partial charge in [-0.1, -0.05) is 104 Å². The zero-order chi connectivity index (χ0) is 23.3. The van der Waals surface area contributed by atoms with E-state index in [4.69, 9.17) is 4.74 Å². The molecule has 0 amide bonds. The molecule has 0 aromatic heterocycles. The average Bonchev–Trinajstić information content (AvgIpc) is 3.34. The number of carbonyl (C=O) groups is 1. The van der Waals surface area contributed by atoms with Gasteiger partial charge in [0.2, 0.25) is 0 Å². The van der Waals surface area contributed by atoms with Crippen LogP contribution in [0.2, 0.25) is 0 Å². The zero-order valence-electron chi connectivity index (χ0n) is 19.7. The molecule has 0 spiro atoms. The number of rotatable bonds is 5. The highest BCUT2D eigenvalue weighted by Gasteiger charge is 2.56. The van der Waals surface area contributed by atoms with Gasteiger partial charge in [-0.05, 0) is 64.3 Å². The van der Waals surface area contributed by atoms with Crippen molar-refractivity contribution in [3.05, 3.63) is 119 Å². The highest BCUT2D eigenvalue weighted by atomic mass is 16.5. The number of benzene rings is 4. The van der Waals surface area contributed by atoms with Crippen molar-refractivity contribution in [2.75, 3.05) is 6.61 Å². The Morgan fingerprint density at radius 3 is 1.41 bits per heavy atom. The lowest BCUT2D eigenvalue weighted by molar-refractivity contribution is -0.149. The van der Waals surface area contributed by atoms with E-state index in [0.717, 1.165) is 28.7 Å². The molecule has 2 aliphatic carbocycles. The summed E-state index contributed by atoms with van der Waals surface area (Å²) in [5.74, 6) is -0.151. The van der Waals surface area contributed by atoms with E-state index in [1.807, 2.05) is 19.1 Å². The number of ether oxygens (including phenoxy) is 1. The third-order valence-corrected chi connectivity index (χ3v) is 8.03. The van der Waals surface area contributed by atoms with Gasteiger partial charge in [-0.25, -0.2) is 0 Å². The Morgan fingerprint density at radius 1 is 0.618 bits per heavy atom. The summed E-state index contributed by atoms with van der Waals surface area (Å²) in [5.41, 5.74) is 8.39. The number of carbonyl (C=O) groups excluding carboxylic acids is 1. The van der Waals surface area contributed by atoms with E-state index in [0.29, 0.717) is 13.0 Å². The fourth-order valence-electron chi connectivity index (χ4n) is 6.63. The SMILES string of the molecule is CCOC(=O)C1(CC2(CC)c3ccccc3-c3ccccc32)c2ccccc2-c2ccccc21. The molecule has 2 nitrogen and oxygen atoms in total. The molecular weight excluding hydrogens is 416 g/mol. The Bertz CT molecular complexity index is 1320. The predicted octanol–water partition coefficient (Wildman–Crippen LogP) is 7.28. The summed E-state index contributed by atoms with van der Waals surface area (Å²) in [5, 5.41) is 0. The van der Waals surface area contributed by atoms with Gasteiger partial charge < -0.3 is 4.74 Å². The minimum Gasteiger partial charge on any atom is -0.465 e. The van der Waals surface area contributed by atoms with Crippen LogP contribution >= 0.6 is 0 Å². The van der Waals surface area contributed by atoms with Gasteiger partial charge in [0.25, 0.3) is 0 Å². The molecule has 0 N–H and O–H groups in total. The van der Waals surface area contributed by atoms with Crippen molar-refractivity contribution in [3.8, 4) is 22.3 Å². The van der Waals surface area contributed by atoms with Crippen LogP contribution in [0.5, 0.6) is 0 Å². The molecule has 0 radical (unpaired) electrons. The quantitative estimate of drug-likeness (QED) is 0.302. The Labute approximate surface area is 201 Å². The first-order valence-electron chi connectivity index (χ1n) is 12.2. The van der Waals surface area contributed by atoms with Crippen LogP contribution in [-0.4, -0.2) is 12.6 Å². The van der Waals surface area contributed by atoms with E-state index in [2.05, 4.69) is 91.9 Å². The summed E-state index contributed by atoms with van der Waals surface area (Å²) in [6.45, 7) is 4.51. The molecule has 0 fully saturated rings. The van der Waals surface area contributed by atoms with Crippen LogP contribution in [0.15, 0.2) is 97.1 Å². The van der Waals surface area contributed by atoms with Gasteiger partial charge in [-0.15, -0.1) is 0 Å². The maximum Gasteiger partial charge on any atom is 0.321 e.